The standard InChI is InChI=1S/C16H18ClNO2/c1-11-3-4-12(9-18)7-16(11)20-10-13-8-14(17)5-6-15(13)19-2/h3-8H,9-10,18H2,1-2H3. The quantitative estimate of drug-likeness (QED) is 0.913. The van der Waals surface area contributed by atoms with Crippen LogP contribution in [0.25, 0.3) is 0 Å². The fourth-order valence-electron chi connectivity index (χ4n) is 1.94. The summed E-state index contributed by atoms with van der Waals surface area (Å²) >= 11 is 6.01. The van der Waals surface area contributed by atoms with Gasteiger partial charge in [0.25, 0.3) is 0 Å². The molecule has 0 saturated carbocycles. The molecule has 2 N–H and O–H groups in total. The van der Waals surface area contributed by atoms with Crippen LogP contribution >= 0.6 is 11.6 Å². The maximum absolute atomic E-state index is 6.01. The minimum absolute atomic E-state index is 0.401. The molecule has 0 aromatic heterocycles. The minimum atomic E-state index is 0.401. The van der Waals surface area contributed by atoms with Crippen molar-refractivity contribution in [3.63, 3.8) is 0 Å². The molecule has 0 bridgehead atoms. The van der Waals surface area contributed by atoms with Crippen LogP contribution in [0.1, 0.15) is 16.7 Å². The van der Waals surface area contributed by atoms with Gasteiger partial charge in [-0.25, -0.2) is 0 Å². The van der Waals surface area contributed by atoms with Gasteiger partial charge in [-0.15, -0.1) is 0 Å². The van der Waals surface area contributed by atoms with Gasteiger partial charge in [0.15, 0.2) is 0 Å². The molecular formula is C16H18ClNO2. The summed E-state index contributed by atoms with van der Waals surface area (Å²) in [6.45, 7) is 2.90. The molecule has 0 spiro atoms. The van der Waals surface area contributed by atoms with E-state index in [1.807, 2.05) is 37.3 Å². The lowest BCUT2D eigenvalue weighted by Gasteiger charge is -2.13. The molecular weight excluding hydrogens is 274 g/mol. The van der Waals surface area contributed by atoms with Crippen molar-refractivity contribution >= 4 is 11.6 Å². The smallest absolute Gasteiger partial charge is 0.125 e. The van der Waals surface area contributed by atoms with Gasteiger partial charge in [0.1, 0.15) is 18.1 Å². The van der Waals surface area contributed by atoms with Gasteiger partial charge >= 0.3 is 0 Å². The zero-order chi connectivity index (χ0) is 14.5. The summed E-state index contributed by atoms with van der Waals surface area (Å²) in [6, 6.07) is 11.5. The van der Waals surface area contributed by atoms with Crippen molar-refractivity contribution in [2.24, 2.45) is 5.73 Å². The maximum atomic E-state index is 6.01. The molecule has 3 nitrogen and oxygen atoms in total. The SMILES string of the molecule is COc1ccc(Cl)cc1COc1cc(CN)ccc1C. The zero-order valence-corrected chi connectivity index (χ0v) is 12.4. The number of methoxy groups -OCH3 is 1. The molecule has 0 saturated heterocycles. The Labute approximate surface area is 124 Å². The monoisotopic (exact) mass is 291 g/mol. The summed E-state index contributed by atoms with van der Waals surface area (Å²) in [4.78, 5) is 0. The van der Waals surface area contributed by atoms with E-state index in [9.17, 15) is 0 Å². The van der Waals surface area contributed by atoms with Crippen molar-refractivity contribution in [2.45, 2.75) is 20.1 Å². The lowest BCUT2D eigenvalue weighted by Crippen LogP contribution is -2.02. The molecule has 0 atom stereocenters. The van der Waals surface area contributed by atoms with Gasteiger partial charge in [0.05, 0.1) is 7.11 Å². The van der Waals surface area contributed by atoms with Gasteiger partial charge in [-0.2, -0.15) is 0 Å². The number of benzene rings is 2. The number of rotatable bonds is 5. The van der Waals surface area contributed by atoms with Crippen LogP contribution in [0.2, 0.25) is 5.02 Å². The zero-order valence-electron chi connectivity index (χ0n) is 11.7. The number of hydrogen-bond acceptors (Lipinski definition) is 3. The lowest BCUT2D eigenvalue weighted by molar-refractivity contribution is 0.294. The average molecular weight is 292 g/mol. The second kappa shape index (κ2) is 6.64. The van der Waals surface area contributed by atoms with E-state index in [0.29, 0.717) is 18.2 Å². The maximum Gasteiger partial charge on any atom is 0.125 e. The molecule has 0 aliphatic heterocycles. The van der Waals surface area contributed by atoms with Gasteiger partial charge in [-0.3, -0.25) is 0 Å². The number of ether oxygens (including phenoxy) is 2. The third-order valence-electron chi connectivity index (χ3n) is 3.11. The van der Waals surface area contributed by atoms with Gasteiger partial charge in [-0.05, 0) is 42.3 Å². The first-order chi connectivity index (χ1) is 9.63. The van der Waals surface area contributed by atoms with Crippen molar-refractivity contribution in [3.05, 3.63) is 58.1 Å². The predicted octanol–water partition coefficient (Wildman–Crippen LogP) is 3.69. The molecule has 2 aromatic rings. The molecule has 4 heteroatoms. The van der Waals surface area contributed by atoms with Crippen LogP contribution in [-0.4, -0.2) is 7.11 Å². The molecule has 0 aliphatic carbocycles. The number of halogens is 1. The Balaban J connectivity index is 2.18. The van der Waals surface area contributed by atoms with Crippen LogP contribution < -0.4 is 15.2 Å². The fraction of sp³-hybridized carbons (Fsp3) is 0.250. The van der Waals surface area contributed by atoms with Crippen LogP contribution in [0.4, 0.5) is 0 Å². The predicted molar refractivity (Wildman–Crippen MR) is 81.4 cm³/mol. The summed E-state index contributed by atoms with van der Waals surface area (Å²) in [5, 5.41) is 0.664. The molecule has 2 rings (SSSR count). The Morgan fingerprint density at radius 2 is 1.90 bits per heavy atom. The van der Waals surface area contributed by atoms with Crippen LogP contribution in [0, 0.1) is 6.92 Å². The molecule has 0 heterocycles. The minimum Gasteiger partial charge on any atom is -0.496 e. The van der Waals surface area contributed by atoms with Crippen LogP contribution in [-0.2, 0) is 13.2 Å². The molecule has 0 aliphatic rings. The Bertz CT molecular complexity index is 599. The fourth-order valence-corrected chi connectivity index (χ4v) is 2.14. The number of hydrogen-bond donors (Lipinski definition) is 1. The first kappa shape index (κ1) is 14.7. The highest BCUT2D eigenvalue weighted by Gasteiger charge is 2.07. The van der Waals surface area contributed by atoms with Crippen molar-refractivity contribution in [3.8, 4) is 11.5 Å². The van der Waals surface area contributed by atoms with E-state index in [2.05, 4.69) is 0 Å². The van der Waals surface area contributed by atoms with Gasteiger partial charge < -0.3 is 15.2 Å². The highest BCUT2D eigenvalue weighted by Crippen LogP contribution is 2.26. The van der Waals surface area contributed by atoms with Gasteiger partial charge in [-0.1, -0.05) is 23.7 Å². The number of nitrogens with two attached hydrogens (primary N) is 1. The molecule has 106 valence electrons. The van der Waals surface area contributed by atoms with Gasteiger partial charge in [0.2, 0.25) is 0 Å². The second-order valence-electron chi connectivity index (χ2n) is 4.55. The summed E-state index contributed by atoms with van der Waals surface area (Å²) in [7, 11) is 1.63. The van der Waals surface area contributed by atoms with Crippen LogP contribution in [0.3, 0.4) is 0 Å². The third kappa shape index (κ3) is 3.44. The molecule has 0 fully saturated rings. The Hall–Kier alpha value is -1.71. The highest BCUT2D eigenvalue weighted by molar-refractivity contribution is 6.30. The van der Waals surface area contributed by atoms with E-state index in [4.69, 9.17) is 26.8 Å². The van der Waals surface area contributed by atoms with E-state index in [1.165, 1.54) is 0 Å². The largest absolute Gasteiger partial charge is 0.496 e. The summed E-state index contributed by atoms with van der Waals surface area (Å²) in [6.07, 6.45) is 0. The summed E-state index contributed by atoms with van der Waals surface area (Å²) < 4.78 is 11.2. The Kier molecular flexibility index (Phi) is 4.88. The first-order valence-corrected chi connectivity index (χ1v) is 6.76. The molecule has 20 heavy (non-hydrogen) atoms. The topological polar surface area (TPSA) is 44.5 Å². The summed E-state index contributed by atoms with van der Waals surface area (Å²) in [5.41, 5.74) is 8.68. The normalized spacial score (nSPS) is 10.4. The van der Waals surface area contributed by atoms with Crippen LogP contribution in [0.15, 0.2) is 36.4 Å². The average Bonchev–Trinajstić information content (AvgIpc) is 2.46. The third-order valence-corrected chi connectivity index (χ3v) is 3.35. The molecule has 0 radical (unpaired) electrons. The number of aryl methyl sites for hydroxylation is 1. The van der Waals surface area contributed by atoms with Crippen molar-refractivity contribution in [2.75, 3.05) is 7.11 Å². The molecule has 0 amide bonds. The molecule has 0 unspecified atom stereocenters. The van der Waals surface area contributed by atoms with E-state index < -0.39 is 0 Å². The van der Waals surface area contributed by atoms with E-state index in [0.717, 1.165) is 28.2 Å². The van der Waals surface area contributed by atoms with E-state index in [1.54, 1.807) is 13.2 Å². The Morgan fingerprint density at radius 3 is 2.60 bits per heavy atom. The van der Waals surface area contributed by atoms with Gasteiger partial charge in [0, 0.05) is 17.1 Å². The van der Waals surface area contributed by atoms with Crippen molar-refractivity contribution < 1.29 is 9.47 Å². The van der Waals surface area contributed by atoms with E-state index in [-0.39, 0.29) is 0 Å². The van der Waals surface area contributed by atoms with Crippen LogP contribution in [0.5, 0.6) is 11.5 Å². The Morgan fingerprint density at radius 1 is 1.10 bits per heavy atom. The summed E-state index contributed by atoms with van der Waals surface area (Å²) in [5.74, 6) is 1.59. The van der Waals surface area contributed by atoms with Crippen molar-refractivity contribution in [1.29, 1.82) is 0 Å². The van der Waals surface area contributed by atoms with E-state index >= 15 is 0 Å². The van der Waals surface area contributed by atoms with Crippen molar-refractivity contribution in [1.82, 2.24) is 0 Å². The highest BCUT2D eigenvalue weighted by atomic mass is 35.5. The first-order valence-electron chi connectivity index (χ1n) is 6.39. The lowest BCUT2D eigenvalue weighted by atomic mass is 10.1. The molecule has 2 aromatic carbocycles. The second-order valence-corrected chi connectivity index (χ2v) is 4.99.